The Morgan fingerprint density at radius 2 is 2.00 bits per heavy atom. The molecule has 0 spiro atoms. The van der Waals surface area contributed by atoms with Crippen LogP contribution in [-0.4, -0.2) is 35.8 Å². The van der Waals surface area contributed by atoms with E-state index in [0.29, 0.717) is 11.4 Å². The third-order valence-corrected chi connectivity index (χ3v) is 2.20. The van der Waals surface area contributed by atoms with Crippen LogP contribution in [-0.2, 0) is 9.59 Å². The van der Waals surface area contributed by atoms with Crippen LogP contribution in [0.25, 0.3) is 0 Å². The van der Waals surface area contributed by atoms with Crippen molar-refractivity contribution in [2.45, 2.75) is 12.2 Å². The van der Waals surface area contributed by atoms with Crippen LogP contribution in [0.5, 0.6) is 5.75 Å². The van der Waals surface area contributed by atoms with E-state index < -0.39 is 24.0 Å². The Labute approximate surface area is 115 Å². The average molecular weight is 310 g/mol. The molecule has 4 N–H and O–H groups in total. The molecule has 1 amide bonds. The Morgan fingerprint density at radius 3 is 2.52 bits per heavy atom. The number of nitrogens with one attached hydrogen (secondary N) is 1. The number of aliphatic carboxylic acids is 1. The number of fused-ring (bicyclic) bond motifs is 1. The second-order valence-corrected chi connectivity index (χ2v) is 3.85. The highest BCUT2D eigenvalue weighted by Crippen LogP contribution is 2.27. The minimum absolute atomic E-state index is 0.102. The molecule has 2 rings (SSSR count). The second-order valence-electron chi connectivity index (χ2n) is 3.85. The molecule has 0 aromatic heterocycles. The van der Waals surface area contributed by atoms with E-state index in [2.05, 4.69) is 5.32 Å². The Balaban J connectivity index is 0.000000270. The number of hydrogen-bond acceptors (Lipinski definition) is 4. The summed E-state index contributed by atoms with van der Waals surface area (Å²) in [6.45, 7) is 0.102. The van der Waals surface area contributed by atoms with Crippen LogP contribution < -0.4 is 15.8 Å². The van der Waals surface area contributed by atoms with Gasteiger partial charge in [-0.15, -0.1) is 0 Å². The number of anilines is 1. The van der Waals surface area contributed by atoms with Crippen LogP contribution in [0.4, 0.5) is 23.2 Å². The van der Waals surface area contributed by atoms with Gasteiger partial charge in [-0.3, -0.25) is 4.79 Å². The first kappa shape index (κ1) is 16.7. The highest BCUT2D eigenvalue weighted by atomic mass is 19.4. The van der Waals surface area contributed by atoms with Gasteiger partial charge in [0.2, 0.25) is 5.91 Å². The van der Waals surface area contributed by atoms with Crippen molar-refractivity contribution in [1.29, 1.82) is 0 Å². The zero-order valence-electron chi connectivity index (χ0n) is 10.3. The van der Waals surface area contributed by atoms with Crippen LogP contribution >= 0.6 is 0 Å². The summed E-state index contributed by atoms with van der Waals surface area (Å²) >= 11 is 0. The molecule has 0 aliphatic carbocycles. The smallest absolute Gasteiger partial charge is 0.489 e. The summed E-state index contributed by atoms with van der Waals surface area (Å²) in [6.07, 6.45) is -5.08. The number of benzene rings is 1. The minimum Gasteiger partial charge on any atom is -0.489 e. The average Bonchev–Trinajstić information content (AvgIpc) is 2.49. The van der Waals surface area contributed by atoms with Gasteiger partial charge in [0.05, 0.1) is 5.69 Å². The van der Waals surface area contributed by atoms with Gasteiger partial charge >= 0.3 is 12.1 Å². The summed E-state index contributed by atoms with van der Waals surface area (Å²) in [4.78, 5) is 20.1. The van der Waals surface area contributed by atoms with Gasteiger partial charge in [0.25, 0.3) is 0 Å². The van der Waals surface area contributed by atoms with Crippen molar-refractivity contribution in [3.05, 3.63) is 24.0 Å². The van der Waals surface area contributed by atoms with Crippen molar-refractivity contribution in [2.75, 3.05) is 11.9 Å². The number of amides is 1. The lowest BCUT2D eigenvalue weighted by Crippen LogP contribution is -2.38. The summed E-state index contributed by atoms with van der Waals surface area (Å²) in [6, 6.07) is 3.21. The number of carboxylic acids is 1. The topological polar surface area (TPSA) is 102 Å². The lowest BCUT2D eigenvalue weighted by molar-refractivity contribution is -0.192. The fourth-order valence-electron chi connectivity index (χ4n) is 1.21. The van der Waals surface area contributed by atoms with E-state index >= 15 is 0 Å². The van der Waals surface area contributed by atoms with Crippen molar-refractivity contribution in [3.8, 4) is 5.75 Å². The maximum absolute atomic E-state index is 12.8. The van der Waals surface area contributed by atoms with Gasteiger partial charge in [0.1, 0.15) is 24.2 Å². The van der Waals surface area contributed by atoms with Crippen molar-refractivity contribution >= 4 is 17.6 Å². The van der Waals surface area contributed by atoms with E-state index in [1.807, 2.05) is 0 Å². The maximum atomic E-state index is 12.8. The molecule has 1 aromatic rings. The molecule has 116 valence electrons. The number of nitrogens with two attached hydrogens (primary N) is 1. The Bertz CT molecular complexity index is 548. The number of halogens is 4. The molecule has 6 nitrogen and oxygen atoms in total. The predicted molar refractivity (Wildman–Crippen MR) is 62.2 cm³/mol. The molecule has 0 saturated heterocycles. The summed E-state index contributed by atoms with van der Waals surface area (Å²) < 4.78 is 49.8. The number of rotatable bonds is 0. The zero-order valence-corrected chi connectivity index (χ0v) is 10.3. The lowest BCUT2D eigenvalue weighted by atomic mass is 10.2. The summed E-state index contributed by atoms with van der Waals surface area (Å²) in [7, 11) is 0. The van der Waals surface area contributed by atoms with Crippen molar-refractivity contribution < 1.29 is 37.0 Å². The van der Waals surface area contributed by atoms with E-state index in [1.165, 1.54) is 18.2 Å². The molecule has 0 saturated carbocycles. The molecule has 1 atom stereocenters. The SMILES string of the molecule is N[C@H]1COc2ccc(F)cc2NC1=O.O=C(O)C(F)(F)F. The first-order valence-corrected chi connectivity index (χ1v) is 5.40. The van der Waals surface area contributed by atoms with E-state index in [1.54, 1.807) is 0 Å². The first-order valence-electron chi connectivity index (χ1n) is 5.40. The summed E-state index contributed by atoms with van der Waals surface area (Å²) in [5.41, 5.74) is 5.79. The van der Waals surface area contributed by atoms with Crippen molar-refractivity contribution in [2.24, 2.45) is 5.73 Å². The van der Waals surface area contributed by atoms with E-state index in [4.69, 9.17) is 20.4 Å². The largest absolute Gasteiger partial charge is 0.490 e. The summed E-state index contributed by atoms with van der Waals surface area (Å²) in [5.74, 6) is -3.11. The quantitative estimate of drug-likeness (QED) is 0.623. The Hall–Kier alpha value is -2.36. The fourth-order valence-corrected chi connectivity index (χ4v) is 1.21. The molecule has 21 heavy (non-hydrogen) atoms. The third kappa shape index (κ3) is 4.91. The highest BCUT2D eigenvalue weighted by molar-refractivity contribution is 5.96. The van der Waals surface area contributed by atoms with Gasteiger partial charge in [-0.05, 0) is 12.1 Å². The first-order chi connectivity index (χ1) is 9.61. The van der Waals surface area contributed by atoms with Gasteiger partial charge < -0.3 is 20.9 Å². The van der Waals surface area contributed by atoms with Crippen LogP contribution in [0.1, 0.15) is 0 Å². The molecule has 0 bridgehead atoms. The van der Waals surface area contributed by atoms with Crippen molar-refractivity contribution in [3.63, 3.8) is 0 Å². The molecule has 1 aliphatic rings. The van der Waals surface area contributed by atoms with E-state index in [9.17, 15) is 22.4 Å². The molecule has 0 unspecified atom stereocenters. The van der Waals surface area contributed by atoms with Crippen LogP contribution in [0.3, 0.4) is 0 Å². The molecular formula is C11H10F4N2O4. The molecule has 1 aromatic carbocycles. The molecule has 1 aliphatic heterocycles. The van der Waals surface area contributed by atoms with Crippen LogP contribution in [0.15, 0.2) is 18.2 Å². The number of hydrogen-bond donors (Lipinski definition) is 3. The Kier molecular flexibility index (Phi) is 5.08. The van der Waals surface area contributed by atoms with Crippen LogP contribution in [0, 0.1) is 5.82 Å². The number of ether oxygens (including phenoxy) is 1. The van der Waals surface area contributed by atoms with Crippen molar-refractivity contribution in [1.82, 2.24) is 0 Å². The second kappa shape index (κ2) is 6.39. The number of carbonyl (C=O) groups excluding carboxylic acids is 1. The minimum atomic E-state index is -5.08. The van der Waals surface area contributed by atoms with Gasteiger partial charge in [-0.1, -0.05) is 0 Å². The Morgan fingerprint density at radius 1 is 1.43 bits per heavy atom. The third-order valence-electron chi connectivity index (χ3n) is 2.20. The molecule has 0 radical (unpaired) electrons. The number of carbonyl (C=O) groups is 2. The predicted octanol–water partition coefficient (Wildman–Crippen LogP) is 1.12. The molecule has 0 fully saturated rings. The van der Waals surface area contributed by atoms with Gasteiger partial charge in [0, 0.05) is 6.07 Å². The van der Waals surface area contributed by atoms with Gasteiger partial charge in [0.15, 0.2) is 0 Å². The summed E-state index contributed by atoms with van der Waals surface area (Å²) in [5, 5.41) is 9.61. The fraction of sp³-hybridized carbons (Fsp3) is 0.273. The zero-order chi connectivity index (χ0) is 16.2. The highest BCUT2D eigenvalue weighted by Gasteiger charge is 2.38. The van der Waals surface area contributed by atoms with E-state index in [0.717, 1.165) is 0 Å². The monoisotopic (exact) mass is 310 g/mol. The van der Waals surface area contributed by atoms with E-state index in [-0.39, 0.29) is 12.5 Å². The number of alkyl halides is 3. The van der Waals surface area contributed by atoms with Crippen LogP contribution in [0.2, 0.25) is 0 Å². The maximum Gasteiger partial charge on any atom is 0.490 e. The van der Waals surface area contributed by atoms with Gasteiger partial charge in [-0.25, -0.2) is 9.18 Å². The molecular weight excluding hydrogens is 300 g/mol. The standard InChI is InChI=1S/C9H9FN2O2.C2HF3O2/c10-5-1-2-8-7(3-5)12-9(13)6(11)4-14-8;3-2(4,5)1(6)7/h1-3,6H,4,11H2,(H,12,13);(H,6,7)/t6-;/m0./s1. The molecule has 1 heterocycles. The van der Waals surface area contributed by atoms with Gasteiger partial charge in [-0.2, -0.15) is 13.2 Å². The lowest BCUT2D eigenvalue weighted by Gasteiger charge is -2.05. The molecule has 10 heteroatoms. The normalized spacial score (nSPS) is 17.4. The number of carboxylic acid groups (broad SMARTS) is 1.